The molecular formula is C13H16Cl2N2OS. The number of alkyl halides is 1. The van der Waals surface area contributed by atoms with Gasteiger partial charge in [0.25, 0.3) is 0 Å². The van der Waals surface area contributed by atoms with E-state index >= 15 is 0 Å². The molecule has 1 aromatic heterocycles. The number of benzene rings is 1. The van der Waals surface area contributed by atoms with Gasteiger partial charge >= 0.3 is 0 Å². The van der Waals surface area contributed by atoms with Crippen LogP contribution in [0, 0.1) is 0 Å². The standard InChI is InChI=1S/C13H16Cl2N2OS/c1-9(8-19(2)18)17-12(6-7-14)16-11-5-3-4-10(15)13(11)17/h3-5,9H,6-8H2,1-2H3. The second-order valence-corrected chi connectivity index (χ2v) is 6.80. The lowest BCUT2D eigenvalue weighted by molar-refractivity contribution is 0.587. The van der Waals surface area contributed by atoms with Crippen molar-refractivity contribution in [3.8, 4) is 0 Å². The van der Waals surface area contributed by atoms with E-state index < -0.39 is 10.8 Å². The zero-order valence-electron chi connectivity index (χ0n) is 10.9. The molecule has 104 valence electrons. The highest BCUT2D eigenvalue weighted by Crippen LogP contribution is 2.28. The van der Waals surface area contributed by atoms with Gasteiger partial charge in [0, 0.05) is 41.2 Å². The van der Waals surface area contributed by atoms with Crippen molar-refractivity contribution in [3.63, 3.8) is 0 Å². The summed E-state index contributed by atoms with van der Waals surface area (Å²) in [4.78, 5) is 4.59. The first-order valence-electron chi connectivity index (χ1n) is 6.06. The number of aryl methyl sites for hydroxylation is 1. The van der Waals surface area contributed by atoms with Crippen LogP contribution in [0.4, 0.5) is 0 Å². The van der Waals surface area contributed by atoms with E-state index in [1.165, 1.54) is 0 Å². The topological polar surface area (TPSA) is 34.9 Å². The fourth-order valence-corrected chi connectivity index (χ4v) is 3.56. The van der Waals surface area contributed by atoms with Gasteiger partial charge in [0.15, 0.2) is 0 Å². The maximum absolute atomic E-state index is 11.5. The second kappa shape index (κ2) is 6.25. The Morgan fingerprint density at radius 1 is 1.47 bits per heavy atom. The van der Waals surface area contributed by atoms with Crippen molar-refractivity contribution in [2.75, 3.05) is 17.9 Å². The Bertz CT molecular complexity index is 612. The Morgan fingerprint density at radius 3 is 2.84 bits per heavy atom. The van der Waals surface area contributed by atoms with Gasteiger partial charge in [-0.1, -0.05) is 17.7 Å². The van der Waals surface area contributed by atoms with Crippen LogP contribution >= 0.6 is 23.2 Å². The Kier molecular flexibility index (Phi) is 4.87. The molecule has 0 N–H and O–H groups in total. The van der Waals surface area contributed by atoms with Gasteiger partial charge < -0.3 is 4.57 Å². The van der Waals surface area contributed by atoms with Crippen molar-refractivity contribution >= 4 is 45.0 Å². The molecule has 6 heteroatoms. The van der Waals surface area contributed by atoms with Crippen molar-refractivity contribution < 1.29 is 4.21 Å². The first-order chi connectivity index (χ1) is 9.04. The molecule has 0 spiro atoms. The Balaban J connectivity index is 2.59. The molecule has 0 bridgehead atoms. The summed E-state index contributed by atoms with van der Waals surface area (Å²) >= 11 is 12.1. The monoisotopic (exact) mass is 318 g/mol. The smallest absolute Gasteiger partial charge is 0.111 e. The number of hydrogen-bond acceptors (Lipinski definition) is 2. The number of imidazole rings is 1. The molecule has 2 unspecified atom stereocenters. The minimum atomic E-state index is -0.867. The Hall–Kier alpha value is -0.580. The lowest BCUT2D eigenvalue weighted by Gasteiger charge is -2.16. The summed E-state index contributed by atoms with van der Waals surface area (Å²) in [5.74, 6) is 1.98. The molecule has 1 heterocycles. The molecule has 0 amide bonds. The zero-order chi connectivity index (χ0) is 14.0. The number of hydrogen-bond donors (Lipinski definition) is 0. The first kappa shape index (κ1) is 14.8. The maximum atomic E-state index is 11.5. The van der Waals surface area contributed by atoms with Gasteiger partial charge in [-0.3, -0.25) is 4.21 Å². The number of nitrogens with zero attached hydrogens (tertiary/aromatic N) is 2. The fourth-order valence-electron chi connectivity index (χ4n) is 2.30. The van der Waals surface area contributed by atoms with Crippen molar-refractivity contribution in [3.05, 3.63) is 29.0 Å². The molecule has 0 aliphatic carbocycles. The van der Waals surface area contributed by atoms with E-state index in [4.69, 9.17) is 23.2 Å². The predicted molar refractivity (Wildman–Crippen MR) is 82.8 cm³/mol. The zero-order valence-corrected chi connectivity index (χ0v) is 13.2. The second-order valence-electron chi connectivity index (χ2n) is 4.53. The summed E-state index contributed by atoms with van der Waals surface area (Å²) in [7, 11) is -0.867. The molecule has 0 radical (unpaired) electrons. The highest BCUT2D eigenvalue weighted by Gasteiger charge is 2.18. The molecule has 2 rings (SSSR count). The summed E-state index contributed by atoms with van der Waals surface area (Å²) in [6.45, 7) is 2.03. The summed E-state index contributed by atoms with van der Waals surface area (Å²) in [5.41, 5.74) is 1.77. The van der Waals surface area contributed by atoms with Gasteiger partial charge in [0.05, 0.1) is 16.1 Å². The highest BCUT2D eigenvalue weighted by molar-refractivity contribution is 7.84. The van der Waals surface area contributed by atoms with Gasteiger partial charge in [-0.15, -0.1) is 11.6 Å². The number of rotatable bonds is 5. The molecule has 2 aromatic rings. The van der Waals surface area contributed by atoms with E-state index in [9.17, 15) is 4.21 Å². The average molecular weight is 319 g/mol. The minimum absolute atomic E-state index is 0.0777. The molecule has 0 saturated heterocycles. The van der Waals surface area contributed by atoms with Crippen LogP contribution < -0.4 is 0 Å². The van der Waals surface area contributed by atoms with Crippen LogP contribution in [0.1, 0.15) is 18.8 Å². The number of halogens is 2. The molecule has 0 saturated carbocycles. The van der Waals surface area contributed by atoms with Crippen LogP contribution in [0.5, 0.6) is 0 Å². The van der Waals surface area contributed by atoms with Crippen molar-refractivity contribution in [1.29, 1.82) is 0 Å². The molecule has 19 heavy (non-hydrogen) atoms. The molecule has 0 aliphatic rings. The SMILES string of the molecule is CC(CS(C)=O)n1c(CCCl)nc2cccc(Cl)c21. The average Bonchev–Trinajstić information content (AvgIpc) is 2.68. The first-order valence-corrected chi connectivity index (χ1v) is 8.70. The third kappa shape index (κ3) is 3.12. The van der Waals surface area contributed by atoms with E-state index in [0.29, 0.717) is 23.1 Å². The summed E-state index contributed by atoms with van der Waals surface area (Å²) < 4.78 is 13.5. The number of fused-ring (bicyclic) bond motifs is 1. The number of para-hydroxylation sites is 1. The van der Waals surface area contributed by atoms with Crippen LogP contribution in [0.25, 0.3) is 11.0 Å². The quantitative estimate of drug-likeness (QED) is 0.792. The maximum Gasteiger partial charge on any atom is 0.111 e. The summed E-state index contributed by atoms with van der Waals surface area (Å²) in [6.07, 6.45) is 2.38. The van der Waals surface area contributed by atoms with E-state index in [0.717, 1.165) is 16.9 Å². The molecule has 3 nitrogen and oxygen atoms in total. The molecule has 0 aliphatic heterocycles. The third-order valence-electron chi connectivity index (χ3n) is 2.97. The van der Waals surface area contributed by atoms with E-state index in [-0.39, 0.29) is 6.04 Å². The van der Waals surface area contributed by atoms with Crippen LogP contribution in [-0.4, -0.2) is 31.6 Å². The third-order valence-corrected chi connectivity index (χ3v) is 4.41. The van der Waals surface area contributed by atoms with E-state index in [1.807, 2.05) is 25.1 Å². The van der Waals surface area contributed by atoms with Crippen LogP contribution in [0.2, 0.25) is 5.02 Å². The summed E-state index contributed by atoms with van der Waals surface area (Å²) in [6, 6.07) is 5.75. The van der Waals surface area contributed by atoms with Crippen molar-refractivity contribution in [2.45, 2.75) is 19.4 Å². The predicted octanol–water partition coefficient (Wildman–Crippen LogP) is 3.41. The highest BCUT2D eigenvalue weighted by atomic mass is 35.5. The van der Waals surface area contributed by atoms with Gasteiger partial charge in [-0.25, -0.2) is 4.98 Å². The van der Waals surface area contributed by atoms with Gasteiger partial charge in [-0.05, 0) is 19.1 Å². The molecule has 0 fully saturated rings. The molecule has 2 atom stereocenters. The van der Waals surface area contributed by atoms with Crippen LogP contribution in [0.15, 0.2) is 18.2 Å². The van der Waals surface area contributed by atoms with Crippen LogP contribution in [-0.2, 0) is 17.2 Å². The largest absolute Gasteiger partial charge is 0.323 e. The Labute approximate surface area is 125 Å². The van der Waals surface area contributed by atoms with Crippen LogP contribution in [0.3, 0.4) is 0 Å². The fraction of sp³-hybridized carbons (Fsp3) is 0.462. The normalized spacial score (nSPS) is 14.7. The lowest BCUT2D eigenvalue weighted by atomic mass is 10.3. The van der Waals surface area contributed by atoms with E-state index in [1.54, 1.807) is 6.26 Å². The Morgan fingerprint density at radius 2 is 2.21 bits per heavy atom. The van der Waals surface area contributed by atoms with Crippen molar-refractivity contribution in [2.24, 2.45) is 0 Å². The van der Waals surface area contributed by atoms with Gasteiger partial charge in [0.1, 0.15) is 5.82 Å². The summed E-state index contributed by atoms with van der Waals surface area (Å²) in [5, 5.41) is 0.666. The van der Waals surface area contributed by atoms with Gasteiger partial charge in [0.2, 0.25) is 0 Å². The molecule has 1 aromatic carbocycles. The lowest BCUT2D eigenvalue weighted by Crippen LogP contribution is -2.16. The van der Waals surface area contributed by atoms with Gasteiger partial charge in [-0.2, -0.15) is 0 Å². The van der Waals surface area contributed by atoms with E-state index in [2.05, 4.69) is 9.55 Å². The number of aromatic nitrogens is 2. The van der Waals surface area contributed by atoms with Crippen molar-refractivity contribution in [1.82, 2.24) is 9.55 Å². The molecular weight excluding hydrogens is 303 g/mol. The minimum Gasteiger partial charge on any atom is -0.323 e.